The lowest BCUT2D eigenvalue weighted by molar-refractivity contribution is -0.123. The second-order valence-corrected chi connectivity index (χ2v) is 12.5. The van der Waals surface area contributed by atoms with E-state index in [0.29, 0.717) is 22.9 Å². The molecule has 3 fully saturated rings. The third-order valence-electron chi connectivity index (χ3n) is 8.82. The highest BCUT2D eigenvalue weighted by atomic mass is 32.2. The summed E-state index contributed by atoms with van der Waals surface area (Å²) in [5.74, 6) is 1.20. The zero-order chi connectivity index (χ0) is 26.3. The maximum atomic E-state index is 13.9. The number of imide groups is 1. The number of hydrogen-bond donors (Lipinski definition) is 1. The van der Waals surface area contributed by atoms with Gasteiger partial charge in [0.15, 0.2) is 11.5 Å². The van der Waals surface area contributed by atoms with Crippen LogP contribution in [0.5, 0.6) is 17.2 Å². The molecular weight excluding hydrogens is 524 g/mol. The molecule has 2 bridgehead atoms. The monoisotopic (exact) mass is 550 g/mol. The summed E-state index contributed by atoms with van der Waals surface area (Å²) in [5, 5.41) is 1.01. The van der Waals surface area contributed by atoms with Gasteiger partial charge in [0.2, 0.25) is 11.8 Å². The molecule has 4 aliphatic rings. The van der Waals surface area contributed by atoms with Gasteiger partial charge in [-0.05, 0) is 66.1 Å². The lowest BCUT2D eigenvalue weighted by Gasteiger charge is -2.43. The quantitative estimate of drug-likeness (QED) is 0.477. The van der Waals surface area contributed by atoms with E-state index in [0.717, 1.165) is 21.9 Å². The summed E-state index contributed by atoms with van der Waals surface area (Å²) < 4.78 is 16.3. The van der Waals surface area contributed by atoms with Gasteiger partial charge < -0.3 is 19.2 Å². The van der Waals surface area contributed by atoms with E-state index >= 15 is 0 Å². The number of nitrogens with zero attached hydrogens (tertiary/aromatic N) is 1. The second kappa shape index (κ2) is 8.64. The van der Waals surface area contributed by atoms with Crippen molar-refractivity contribution >= 4 is 40.6 Å². The van der Waals surface area contributed by atoms with E-state index in [1.165, 1.54) is 16.2 Å². The van der Waals surface area contributed by atoms with Gasteiger partial charge in [-0.3, -0.25) is 19.3 Å². The van der Waals surface area contributed by atoms with Crippen LogP contribution in [0.2, 0.25) is 0 Å². The lowest BCUT2D eigenvalue weighted by Crippen LogP contribution is -2.42. The van der Waals surface area contributed by atoms with Crippen LogP contribution in [0.25, 0.3) is 0 Å². The van der Waals surface area contributed by atoms with Crippen molar-refractivity contribution in [3.05, 3.63) is 62.6 Å². The highest BCUT2D eigenvalue weighted by molar-refractivity contribution is 8.00. The minimum Gasteiger partial charge on any atom is -0.497 e. The van der Waals surface area contributed by atoms with E-state index in [4.69, 9.17) is 14.2 Å². The number of aromatic amines is 1. The Balaban J connectivity index is 1.31. The smallest absolute Gasteiger partial charge is 0.305 e. The van der Waals surface area contributed by atoms with E-state index in [1.54, 1.807) is 57.4 Å². The number of methoxy groups -OCH3 is 3. The fourth-order valence-electron chi connectivity index (χ4n) is 7.42. The van der Waals surface area contributed by atoms with Crippen molar-refractivity contribution in [2.24, 2.45) is 29.6 Å². The molecule has 1 aromatic heterocycles. The Morgan fingerprint density at radius 3 is 2.26 bits per heavy atom. The number of rotatable bonds is 5. The Morgan fingerprint density at radius 2 is 1.58 bits per heavy atom. The molecule has 2 aliphatic carbocycles. The molecule has 2 aliphatic heterocycles. The van der Waals surface area contributed by atoms with Gasteiger partial charge in [0.05, 0.1) is 43.9 Å². The Hall–Kier alpha value is -3.24. The largest absolute Gasteiger partial charge is 0.497 e. The molecule has 5 unspecified atom stereocenters. The average molecular weight is 551 g/mol. The maximum Gasteiger partial charge on any atom is 0.305 e. The minimum atomic E-state index is -0.351. The summed E-state index contributed by atoms with van der Waals surface area (Å²) >= 11 is 2.92. The normalized spacial score (nSPS) is 30.7. The van der Waals surface area contributed by atoms with Crippen LogP contribution >= 0.6 is 23.1 Å². The standard InChI is InChI=1S/C28H26N2O6S2/c1-34-14-7-5-13(6-8-14)30-26(31)21-15-11-16(22(21)27(30)32)23-20(15)19(24-25(37-23)29-28(33)38-24)12-4-9-17(35-2)18(10-12)36-3/h4-10,15-16,19-23H,11H2,1-3H3,(H,29,33)/t15-,16-,19?,20?,21?,22?,23?/m1/s1. The molecule has 10 heteroatoms. The van der Waals surface area contributed by atoms with Crippen molar-refractivity contribution in [3.63, 3.8) is 0 Å². The molecule has 1 N–H and O–H groups in total. The number of amides is 2. The van der Waals surface area contributed by atoms with Gasteiger partial charge in [-0.2, -0.15) is 0 Å². The molecule has 1 saturated heterocycles. The Bertz CT molecular complexity index is 1510. The first-order chi connectivity index (χ1) is 18.4. The van der Waals surface area contributed by atoms with Gasteiger partial charge in [-0.1, -0.05) is 17.4 Å². The lowest BCUT2D eigenvalue weighted by atomic mass is 9.68. The molecule has 0 radical (unpaired) electrons. The number of thioether (sulfide) groups is 1. The van der Waals surface area contributed by atoms with Gasteiger partial charge in [-0.15, -0.1) is 11.8 Å². The van der Waals surface area contributed by atoms with Crippen LogP contribution in [-0.2, 0) is 9.59 Å². The Kier molecular flexibility index (Phi) is 5.42. The zero-order valence-corrected chi connectivity index (χ0v) is 22.6. The first kappa shape index (κ1) is 23.8. The minimum absolute atomic E-state index is 0.0469. The number of carbonyl (C=O) groups excluding carboxylic acids is 2. The third kappa shape index (κ3) is 3.19. The fraction of sp³-hybridized carbons (Fsp3) is 0.393. The van der Waals surface area contributed by atoms with E-state index in [2.05, 4.69) is 4.98 Å². The zero-order valence-electron chi connectivity index (χ0n) is 21.0. The van der Waals surface area contributed by atoms with Gasteiger partial charge in [0.25, 0.3) is 0 Å². The Morgan fingerprint density at radius 1 is 0.868 bits per heavy atom. The summed E-state index contributed by atoms with van der Waals surface area (Å²) in [5.41, 5.74) is 1.62. The number of fused-ring (bicyclic) bond motifs is 9. The number of ether oxygens (including phenoxy) is 3. The fourth-order valence-corrected chi connectivity index (χ4v) is 10.3. The van der Waals surface area contributed by atoms with E-state index in [-0.39, 0.29) is 57.4 Å². The van der Waals surface area contributed by atoms with Crippen LogP contribution < -0.4 is 24.0 Å². The average Bonchev–Trinajstić information content (AvgIpc) is 3.67. The van der Waals surface area contributed by atoms with Crippen LogP contribution in [0.1, 0.15) is 22.8 Å². The van der Waals surface area contributed by atoms with Crippen molar-refractivity contribution in [1.82, 2.24) is 4.98 Å². The number of benzene rings is 2. The summed E-state index contributed by atoms with van der Waals surface area (Å²) in [4.78, 5) is 45.4. The van der Waals surface area contributed by atoms with Crippen LogP contribution in [0.3, 0.4) is 0 Å². The predicted octanol–water partition coefficient (Wildman–Crippen LogP) is 4.14. The van der Waals surface area contributed by atoms with Crippen molar-refractivity contribution in [2.45, 2.75) is 22.6 Å². The molecule has 38 heavy (non-hydrogen) atoms. The van der Waals surface area contributed by atoms with Crippen LogP contribution in [-0.4, -0.2) is 43.4 Å². The van der Waals surface area contributed by atoms with Crippen molar-refractivity contribution in [1.29, 1.82) is 0 Å². The van der Waals surface area contributed by atoms with Gasteiger partial charge in [0, 0.05) is 16.0 Å². The number of carbonyl (C=O) groups is 2. The molecule has 7 atom stereocenters. The maximum absolute atomic E-state index is 13.9. The topological polar surface area (TPSA) is 97.9 Å². The Labute approximate surface area is 227 Å². The molecule has 3 heterocycles. The number of nitrogens with one attached hydrogen (secondary N) is 1. The third-order valence-corrected chi connectivity index (χ3v) is 11.4. The van der Waals surface area contributed by atoms with Crippen molar-refractivity contribution in [3.8, 4) is 17.2 Å². The molecule has 8 nitrogen and oxygen atoms in total. The molecular formula is C28H26N2O6S2. The summed E-state index contributed by atoms with van der Waals surface area (Å²) in [6.07, 6.45) is 0.842. The number of aromatic nitrogens is 1. The number of anilines is 1. The molecule has 2 amide bonds. The number of hydrogen-bond acceptors (Lipinski definition) is 8. The highest BCUT2D eigenvalue weighted by Gasteiger charge is 2.69. The number of thiazole rings is 1. The SMILES string of the molecule is COc1ccc(N2C(=O)C3C(C2=O)[C@@H]2C[C@H]3C3Sc4[nH]c(=O)sc4C(c4ccc(OC)c(OC)c4)C32)cc1. The van der Waals surface area contributed by atoms with Crippen LogP contribution in [0, 0.1) is 29.6 Å². The van der Waals surface area contributed by atoms with Crippen molar-refractivity contribution < 1.29 is 23.8 Å². The molecule has 2 aromatic carbocycles. The number of H-pyrrole nitrogens is 1. The highest BCUT2D eigenvalue weighted by Crippen LogP contribution is 2.68. The van der Waals surface area contributed by atoms with Crippen molar-refractivity contribution in [2.75, 3.05) is 26.2 Å². The first-order valence-electron chi connectivity index (χ1n) is 12.6. The summed E-state index contributed by atoms with van der Waals surface area (Å²) in [6.45, 7) is 0. The van der Waals surface area contributed by atoms with Gasteiger partial charge in [-0.25, -0.2) is 0 Å². The van der Waals surface area contributed by atoms with Crippen LogP contribution in [0.4, 0.5) is 5.69 Å². The van der Waals surface area contributed by atoms with E-state index in [1.807, 2.05) is 18.2 Å². The first-order valence-corrected chi connectivity index (χ1v) is 14.3. The van der Waals surface area contributed by atoms with E-state index < -0.39 is 0 Å². The van der Waals surface area contributed by atoms with Gasteiger partial charge in [0.1, 0.15) is 5.75 Å². The molecule has 0 spiro atoms. The van der Waals surface area contributed by atoms with Crippen LogP contribution in [0.15, 0.2) is 52.3 Å². The summed E-state index contributed by atoms with van der Waals surface area (Å²) in [7, 11) is 4.80. The van der Waals surface area contributed by atoms with E-state index in [9.17, 15) is 14.4 Å². The van der Waals surface area contributed by atoms with Gasteiger partial charge >= 0.3 is 4.87 Å². The summed E-state index contributed by atoms with van der Waals surface area (Å²) in [6, 6.07) is 13.0. The molecule has 2 saturated carbocycles. The molecule has 196 valence electrons. The second-order valence-electron chi connectivity index (χ2n) is 10.3. The molecule has 3 aromatic rings. The predicted molar refractivity (Wildman–Crippen MR) is 144 cm³/mol. The molecule has 7 rings (SSSR count).